The molecule has 9 heteroatoms. The van der Waals surface area contributed by atoms with Crippen LogP contribution in [0.3, 0.4) is 0 Å². The SMILES string of the molecule is Nc1nonc1-c1noc(C[NH+]2CCOCC2)n1. The first-order valence-electron chi connectivity index (χ1n) is 5.65. The van der Waals surface area contributed by atoms with Gasteiger partial charge in [-0.25, -0.2) is 4.63 Å². The second-order valence-corrected chi connectivity index (χ2v) is 4.05. The molecule has 9 nitrogen and oxygen atoms in total. The lowest BCUT2D eigenvalue weighted by Gasteiger charge is -2.21. The van der Waals surface area contributed by atoms with Gasteiger partial charge in [0.25, 0.3) is 5.89 Å². The molecule has 18 heavy (non-hydrogen) atoms. The maximum absolute atomic E-state index is 5.56. The third-order valence-corrected chi connectivity index (χ3v) is 2.79. The van der Waals surface area contributed by atoms with Crippen LogP contribution in [0, 0.1) is 0 Å². The van der Waals surface area contributed by atoms with Crippen molar-refractivity contribution in [2.45, 2.75) is 6.54 Å². The number of anilines is 1. The molecular weight excluding hydrogens is 240 g/mol. The highest BCUT2D eigenvalue weighted by Gasteiger charge is 2.21. The maximum Gasteiger partial charge on any atom is 0.282 e. The lowest BCUT2D eigenvalue weighted by atomic mass is 10.4. The molecule has 0 radical (unpaired) electrons. The fraction of sp³-hybridized carbons (Fsp3) is 0.556. The summed E-state index contributed by atoms with van der Waals surface area (Å²) in [6, 6.07) is 0. The fourth-order valence-electron chi connectivity index (χ4n) is 1.82. The van der Waals surface area contributed by atoms with Gasteiger partial charge in [0.05, 0.1) is 13.2 Å². The molecule has 3 N–H and O–H groups in total. The van der Waals surface area contributed by atoms with Gasteiger partial charge in [-0.15, -0.1) is 0 Å². The predicted octanol–water partition coefficient (Wildman–Crippen LogP) is -1.88. The molecule has 0 amide bonds. The van der Waals surface area contributed by atoms with E-state index in [9.17, 15) is 0 Å². The third kappa shape index (κ3) is 2.17. The highest BCUT2D eigenvalue weighted by molar-refractivity contribution is 5.61. The van der Waals surface area contributed by atoms with Crippen molar-refractivity contribution in [3.63, 3.8) is 0 Å². The number of nitrogens with one attached hydrogen (secondary N) is 1. The minimum atomic E-state index is 0.154. The van der Waals surface area contributed by atoms with Gasteiger partial charge in [-0.2, -0.15) is 4.98 Å². The van der Waals surface area contributed by atoms with Gasteiger partial charge in [-0.3, -0.25) is 0 Å². The Labute approximate surface area is 102 Å². The molecule has 2 aromatic rings. The Bertz CT molecular complexity index is 518. The van der Waals surface area contributed by atoms with Crippen molar-refractivity contribution >= 4 is 5.82 Å². The number of nitrogens with two attached hydrogens (primary N) is 1. The number of hydrogen-bond donors (Lipinski definition) is 2. The molecule has 0 aromatic carbocycles. The van der Waals surface area contributed by atoms with E-state index in [-0.39, 0.29) is 5.82 Å². The summed E-state index contributed by atoms with van der Waals surface area (Å²) in [5.41, 5.74) is 5.86. The second kappa shape index (κ2) is 4.70. The molecule has 3 heterocycles. The molecule has 1 saturated heterocycles. The first-order valence-corrected chi connectivity index (χ1v) is 5.65. The summed E-state index contributed by atoms with van der Waals surface area (Å²) in [6.45, 7) is 4.06. The van der Waals surface area contributed by atoms with Gasteiger partial charge in [-0.1, -0.05) is 5.16 Å². The Morgan fingerprint density at radius 3 is 2.72 bits per heavy atom. The summed E-state index contributed by atoms with van der Waals surface area (Å²) in [5.74, 6) is 1.00. The minimum Gasteiger partial charge on any atom is -0.379 e. The molecule has 0 saturated carbocycles. The van der Waals surface area contributed by atoms with Crippen LogP contribution in [0.1, 0.15) is 5.89 Å². The van der Waals surface area contributed by atoms with Crippen LogP contribution in [0.25, 0.3) is 11.5 Å². The van der Waals surface area contributed by atoms with Crippen LogP contribution < -0.4 is 10.6 Å². The Kier molecular flexibility index (Phi) is 2.90. The van der Waals surface area contributed by atoms with Crippen molar-refractivity contribution in [3.8, 4) is 11.5 Å². The third-order valence-electron chi connectivity index (χ3n) is 2.79. The number of rotatable bonds is 3. The van der Waals surface area contributed by atoms with Crippen molar-refractivity contribution in [1.29, 1.82) is 0 Å². The van der Waals surface area contributed by atoms with Crippen LogP contribution in [-0.4, -0.2) is 46.8 Å². The van der Waals surface area contributed by atoms with Gasteiger partial charge in [-0.05, 0) is 10.3 Å². The first kappa shape index (κ1) is 11.1. The fourth-order valence-corrected chi connectivity index (χ4v) is 1.82. The van der Waals surface area contributed by atoms with Crippen molar-refractivity contribution < 1.29 is 18.8 Å². The van der Waals surface area contributed by atoms with E-state index < -0.39 is 0 Å². The monoisotopic (exact) mass is 253 g/mol. The topological polar surface area (TPSA) is 118 Å². The number of nitrogen functional groups attached to an aromatic ring is 1. The van der Waals surface area contributed by atoms with Crippen LogP contribution in [0.2, 0.25) is 0 Å². The van der Waals surface area contributed by atoms with E-state index in [1.807, 2.05) is 0 Å². The summed E-state index contributed by atoms with van der Waals surface area (Å²) in [4.78, 5) is 5.58. The molecular formula is C9H13N6O3+. The molecule has 2 aromatic heterocycles. The summed E-state index contributed by atoms with van der Waals surface area (Å²) in [6.07, 6.45) is 0. The van der Waals surface area contributed by atoms with Gasteiger partial charge in [0.2, 0.25) is 5.82 Å². The largest absolute Gasteiger partial charge is 0.379 e. The number of ether oxygens (including phenoxy) is 1. The van der Waals surface area contributed by atoms with E-state index in [0.717, 1.165) is 26.3 Å². The van der Waals surface area contributed by atoms with E-state index >= 15 is 0 Å². The zero-order chi connectivity index (χ0) is 12.4. The molecule has 1 fully saturated rings. The number of aromatic nitrogens is 4. The number of nitrogens with zero attached hydrogens (tertiary/aromatic N) is 4. The second-order valence-electron chi connectivity index (χ2n) is 4.05. The minimum absolute atomic E-state index is 0.154. The van der Waals surface area contributed by atoms with Crippen LogP contribution >= 0.6 is 0 Å². The average Bonchev–Trinajstić information content (AvgIpc) is 2.99. The summed E-state index contributed by atoms with van der Waals surface area (Å²) in [5, 5.41) is 10.9. The van der Waals surface area contributed by atoms with Crippen molar-refractivity contribution in [2.75, 3.05) is 32.0 Å². The van der Waals surface area contributed by atoms with E-state index in [0.29, 0.717) is 24.0 Å². The lowest BCUT2D eigenvalue weighted by Crippen LogP contribution is -3.12. The van der Waals surface area contributed by atoms with Crippen molar-refractivity contribution in [1.82, 2.24) is 20.5 Å². The standard InChI is InChI=1S/C9H12N6O3/c10-8-7(12-18-13-8)9-11-6(17-14-9)5-15-1-3-16-4-2-15/h1-5H2,(H2,10,13)/p+1. The lowest BCUT2D eigenvalue weighted by molar-refractivity contribution is -0.922. The van der Waals surface area contributed by atoms with Crippen molar-refractivity contribution in [2.24, 2.45) is 0 Å². The molecule has 0 bridgehead atoms. The maximum atomic E-state index is 5.56. The van der Waals surface area contributed by atoms with Crippen LogP contribution in [0.5, 0.6) is 0 Å². The molecule has 0 unspecified atom stereocenters. The normalized spacial score (nSPS) is 17.1. The quantitative estimate of drug-likeness (QED) is 0.652. The first-order chi connectivity index (χ1) is 8.83. The summed E-state index contributed by atoms with van der Waals surface area (Å²) in [7, 11) is 0. The molecule has 0 spiro atoms. The molecule has 0 aliphatic carbocycles. The van der Waals surface area contributed by atoms with E-state index in [4.69, 9.17) is 15.0 Å². The van der Waals surface area contributed by atoms with E-state index in [2.05, 4.69) is 25.1 Å². The Balaban J connectivity index is 1.71. The number of quaternary nitrogens is 1. The van der Waals surface area contributed by atoms with Gasteiger partial charge in [0.15, 0.2) is 18.1 Å². The van der Waals surface area contributed by atoms with Crippen LogP contribution in [0.4, 0.5) is 5.82 Å². The summed E-state index contributed by atoms with van der Waals surface area (Å²) < 4.78 is 14.9. The Morgan fingerprint density at radius 1 is 1.17 bits per heavy atom. The van der Waals surface area contributed by atoms with Gasteiger partial charge in [0.1, 0.15) is 13.1 Å². The van der Waals surface area contributed by atoms with Crippen molar-refractivity contribution in [3.05, 3.63) is 5.89 Å². The number of morpholine rings is 1. The molecule has 1 aliphatic heterocycles. The van der Waals surface area contributed by atoms with E-state index in [1.165, 1.54) is 4.90 Å². The number of hydrogen-bond acceptors (Lipinski definition) is 8. The zero-order valence-electron chi connectivity index (χ0n) is 9.63. The van der Waals surface area contributed by atoms with Crippen LogP contribution in [0.15, 0.2) is 9.15 Å². The molecule has 0 atom stereocenters. The highest BCUT2D eigenvalue weighted by Crippen LogP contribution is 2.17. The van der Waals surface area contributed by atoms with Gasteiger partial charge >= 0.3 is 0 Å². The average molecular weight is 253 g/mol. The zero-order valence-corrected chi connectivity index (χ0v) is 9.63. The Hall–Kier alpha value is -2.00. The Morgan fingerprint density at radius 2 is 2.00 bits per heavy atom. The van der Waals surface area contributed by atoms with Gasteiger partial charge in [0, 0.05) is 0 Å². The molecule has 96 valence electrons. The highest BCUT2D eigenvalue weighted by atomic mass is 16.6. The van der Waals surface area contributed by atoms with E-state index in [1.54, 1.807) is 0 Å². The predicted molar refractivity (Wildman–Crippen MR) is 57.2 cm³/mol. The summed E-state index contributed by atoms with van der Waals surface area (Å²) >= 11 is 0. The molecule has 3 rings (SSSR count). The van der Waals surface area contributed by atoms with Crippen LogP contribution in [-0.2, 0) is 11.3 Å². The van der Waals surface area contributed by atoms with Gasteiger partial charge < -0.3 is 19.9 Å². The molecule has 1 aliphatic rings. The smallest absolute Gasteiger partial charge is 0.282 e.